The van der Waals surface area contributed by atoms with Gasteiger partial charge in [-0.2, -0.15) is 29.9 Å². The van der Waals surface area contributed by atoms with Crippen LogP contribution in [-0.4, -0.2) is 34.6 Å². The van der Waals surface area contributed by atoms with Crippen LogP contribution in [0.3, 0.4) is 0 Å². The SMILES string of the molecule is Fc1c(Br)c(C(F)(F)F)cc2c(N3CCSCC3)nc(Cl)nc12. The van der Waals surface area contributed by atoms with E-state index >= 15 is 0 Å². The molecule has 0 aliphatic carbocycles. The van der Waals surface area contributed by atoms with Gasteiger partial charge in [-0.25, -0.2) is 9.37 Å². The topological polar surface area (TPSA) is 29.0 Å². The third kappa shape index (κ3) is 3.23. The summed E-state index contributed by atoms with van der Waals surface area (Å²) < 4.78 is 53.1. The molecule has 0 spiro atoms. The van der Waals surface area contributed by atoms with Crippen LogP contribution in [-0.2, 0) is 6.18 Å². The summed E-state index contributed by atoms with van der Waals surface area (Å²) >= 11 is 10.2. The average molecular weight is 431 g/mol. The van der Waals surface area contributed by atoms with Gasteiger partial charge in [-0.3, -0.25) is 0 Å². The van der Waals surface area contributed by atoms with E-state index in [0.29, 0.717) is 13.1 Å². The molecule has 0 radical (unpaired) electrons. The molecular weight excluding hydrogens is 422 g/mol. The first-order valence-corrected chi connectivity index (χ1v) is 8.86. The van der Waals surface area contributed by atoms with Crippen LogP contribution >= 0.6 is 39.3 Å². The quantitative estimate of drug-likeness (QED) is 0.482. The summed E-state index contributed by atoms with van der Waals surface area (Å²) in [5.74, 6) is 0.770. The fraction of sp³-hybridized carbons (Fsp3) is 0.385. The largest absolute Gasteiger partial charge is 0.417 e. The Morgan fingerprint density at radius 3 is 2.48 bits per heavy atom. The van der Waals surface area contributed by atoms with Crippen LogP contribution in [0.2, 0.25) is 5.28 Å². The van der Waals surface area contributed by atoms with E-state index < -0.39 is 22.0 Å². The number of thioether (sulfide) groups is 1. The molecule has 0 bridgehead atoms. The molecule has 23 heavy (non-hydrogen) atoms. The lowest BCUT2D eigenvalue weighted by atomic mass is 10.1. The van der Waals surface area contributed by atoms with Crippen LogP contribution < -0.4 is 4.90 Å². The molecule has 0 amide bonds. The van der Waals surface area contributed by atoms with E-state index in [2.05, 4.69) is 25.9 Å². The number of nitrogens with zero attached hydrogens (tertiary/aromatic N) is 3. The number of fused-ring (bicyclic) bond motifs is 1. The number of hydrogen-bond donors (Lipinski definition) is 0. The van der Waals surface area contributed by atoms with Crippen molar-refractivity contribution in [3.8, 4) is 0 Å². The number of alkyl halides is 3. The fourth-order valence-corrected chi connectivity index (χ4v) is 3.98. The van der Waals surface area contributed by atoms with Gasteiger partial charge in [-0.05, 0) is 33.6 Å². The van der Waals surface area contributed by atoms with Gasteiger partial charge in [0.2, 0.25) is 5.28 Å². The first-order valence-electron chi connectivity index (χ1n) is 6.54. The lowest BCUT2D eigenvalue weighted by Gasteiger charge is -2.28. The van der Waals surface area contributed by atoms with Gasteiger partial charge in [0.05, 0.1) is 10.0 Å². The zero-order valence-electron chi connectivity index (χ0n) is 11.4. The van der Waals surface area contributed by atoms with Crippen molar-refractivity contribution >= 4 is 56.0 Å². The van der Waals surface area contributed by atoms with Crippen molar-refractivity contribution in [1.29, 1.82) is 0 Å². The van der Waals surface area contributed by atoms with Crippen molar-refractivity contribution < 1.29 is 17.6 Å². The van der Waals surface area contributed by atoms with E-state index in [0.717, 1.165) is 17.6 Å². The van der Waals surface area contributed by atoms with E-state index in [1.165, 1.54) is 0 Å². The summed E-state index contributed by atoms with van der Waals surface area (Å²) in [7, 11) is 0. The number of hydrogen-bond acceptors (Lipinski definition) is 4. The van der Waals surface area contributed by atoms with Gasteiger partial charge in [0, 0.05) is 30.0 Å². The minimum atomic E-state index is -4.69. The summed E-state index contributed by atoms with van der Waals surface area (Å²) in [5, 5.41) is -0.189. The molecule has 0 N–H and O–H groups in total. The van der Waals surface area contributed by atoms with Crippen LogP contribution in [0.1, 0.15) is 5.56 Å². The van der Waals surface area contributed by atoms with Gasteiger partial charge in [0.15, 0.2) is 5.82 Å². The Morgan fingerprint density at radius 2 is 1.87 bits per heavy atom. The minimum absolute atomic E-state index is 0.00863. The van der Waals surface area contributed by atoms with Gasteiger partial charge in [-0.1, -0.05) is 0 Å². The fourth-order valence-electron chi connectivity index (χ4n) is 2.38. The monoisotopic (exact) mass is 429 g/mol. The van der Waals surface area contributed by atoms with Crippen LogP contribution in [0.5, 0.6) is 0 Å². The second-order valence-electron chi connectivity index (χ2n) is 4.86. The first-order chi connectivity index (χ1) is 10.8. The Labute approximate surface area is 146 Å². The molecule has 1 aromatic carbocycles. The Bertz CT molecular complexity index is 765. The third-order valence-corrected chi connectivity index (χ3v) is 5.33. The number of halogens is 6. The van der Waals surface area contributed by atoms with Gasteiger partial charge >= 0.3 is 6.18 Å². The predicted molar refractivity (Wildman–Crippen MR) is 86.7 cm³/mol. The molecule has 10 heteroatoms. The summed E-state index contributed by atoms with van der Waals surface area (Å²) in [4.78, 5) is 9.61. The Hall–Kier alpha value is -0.800. The van der Waals surface area contributed by atoms with E-state index in [-0.39, 0.29) is 22.0 Å². The van der Waals surface area contributed by atoms with E-state index in [4.69, 9.17) is 11.6 Å². The molecule has 1 fully saturated rings. The van der Waals surface area contributed by atoms with Crippen molar-refractivity contribution in [1.82, 2.24) is 9.97 Å². The van der Waals surface area contributed by atoms with Crippen LogP contribution in [0.25, 0.3) is 10.9 Å². The lowest BCUT2D eigenvalue weighted by molar-refractivity contribution is -0.138. The zero-order valence-corrected chi connectivity index (χ0v) is 14.6. The number of benzene rings is 1. The maximum Gasteiger partial charge on any atom is 0.417 e. The van der Waals surface area contributed by atoms with Gasteiger partial charge in [0.25, 0.3) is 0 Å². The van der Waals surface area contributed by atoms with Crippen LogP contribution in [0.4, 0.5) is 23.4 Å². The summed E-state index contributed by atoms with van der Waals surface area (Å²) in [6.07, 6.45) is -4.69. The number of rotatable bonds is 1. The Balaban J connectivity index is 2.29. The molecule has 2 heterocycles. The van der Waals surface area contributed by atoms with Crippen molar-refractivity contribution in [2.45, 2.75) is 6.18 Å². The summed E-state index contributed by atoms with van der Waals surface area (Å²) in [6, 6.07) is 0.871. The van der Waals surface area contributed by atoms with Crippen molar-refractivity contribution in [3.63, 3.8) is 0 Å². The standard InChI is InChI=1S/C13H9BrClF4N3S/c14-8-7(13(17,18)19)5-6-10(9(8)16)20-12(15)21-11(6)22-1-3-23-4-2-22/h5H,1-4H2. The van der Waals surface area contributed by atoms with Crippen LogP contribution in [0, 0.1) is 5.82 Å². The minimum Gasteiger partial charge on any atom is -0.354 e. The Kier molecular flexibility index (Phi) is 4.63. The molecule has 0 atom stereocenters. The lowest BCUT2D eigenvalue weighted by Crippen LogP contribution is -2.33. The Morgan fingerprint density at radius 1 is 1.22 bits per heavy atom. The highest BCUT2D eigenvalue weighted by atomic mass is 79.9. The molecule has 3 rings (SSSR count). The maximum absolute atomic E-state index is 14.4. The highest BCUT2D eigenvalue weighted by Crippen LogP contribution is 2.41. The summed E-state index contributed by atoms with van der Waals surface area (Å²) in [5.41, 5.74) is -1.32. The molecule has 0 saturated carbocycles. The zero-order chi connectivity index (χ0) is 16.8. The molecule has 1 saturated heterocycles. The maximum atomic E-state index is 14.4. The number of anilines is 1. The van der Waals surface area contributed by atoms with E-state index in [1.807, 2.05) is 0 Å². The van der Waals surface area contributed by atoms with E-state index in [9.17, 15) is 17.6 Å². The average Bonchev–Trinajstić information content (AvgIpc) is 2.50. The molecule has 1 aliphatic rings. The highest BCUT2D eigenvalue weighted by Gasteiger charge is 2.36. The predicted octanol–water partition coefficient (Wildman–Crippen LogP) is 4.76. The third-order valence-electron chi connectivity index (χ3n) is 3.44. The highest BCUT2D eigenvalue weighted by molar-refractivity contribution is 9.10. The molecule has 1 aliphatic heterocycles. The van der Waals surface area contributed by atoms with Gasteiger partial charge in [-0.15, -0.1) is 0 Å². The second-order valence-corrected chi connectivity index (χ2v) is 7.22. The summed E-state index contributed by atoms with van der Waals surface area (Å²) in [6.45, 7) is 1.21. The molecule has 3 nitrogen and oxygen atoms in total. The van der Waals surface area contributed by atoms with Crippen molar-refractivity contribution in [2.24, 2.45) is 0 Å². The molecule has 2 aromatic rings. The molecule has 0 unspecified atom stereocenters. The molecule has 1 aromatic heterocycles. The molecule has 124 valence electrons. The van der Waals surface area contributed by atoms with Gasteiger partial charge in [0.1, 0.15) is 11.3 Å². The number of aromatic nitrogens is 2. The van der Waals surface area contributed by atoms with E-state index in [1.54, 1.807) is 16.7 Å². The molecular formula is C13H9BrClF4N3S. The second kappa shape index (κ2) is 6.25. The van der Waals surface area contributed by atoms with Crippen LogP contribution in [0.15, 0.2) is 10.5 Å². The van der Waals surface area contributed by atoms with Crippen molar-refractivity contribution in [2.75, 3.05) is 29.5 Å². The smallest absolute Gasteiger partial charge is 0.354 e. The normalized spacial score (nSPS) is 16.2. The first kappa shape index (κ1) is 17.0. The van der Waals surface area contributed by atoms with Crippen molar-refractivity contribution in [3.05, 3.63) is 27.2 Å². The van der Waals surface area contributed by atoms with Gasteiger partial charge < -0.3 is 4.90 Å².